The number of carbonyl (C=O) groups is 1. The summed E-state index contributed by atoms with van der Waals surface area (Å²) >= 11 is 0. The molecule has 0 aliphatic rings. The highest BCUT2D eigenvalue weighted by Gasteiger charge is 2.12. The number of rotatable bonds is 3. The molecule has 18 heavy (non-hydrogen) atoms. The summed E-state index contributed by atoms with van der Waals surface area (Å²) in [7, 11) is 1.71. The quantitative estimate of drug-likeness (QED) is 0.896. The van der Waals surface area contributed by atoms with Crippen LogP contribution in [0.15, 0.2) is 48.7 Å². The fourth-order valence-corrected chi connectivity index (χ4v) is 1.67. The smallest absolute Gasteiger partial charge is 0.254 e. The molecule has 0 unspecified atom stereocenters. The summed E-state index contributed by atoms with van der Waals surface area (Å²) in [5.41, 5.74) is 1.29. The van der Waals surface area contributed by atoms with E-state index in [0.717, 1.165) is 5.69 Å². The van der Waals surface area contributed by atoms with Gasteiger partial charge in [-0.15, -0.1) is 0 Å². The first kappa shape index (κ1) is 12.1. The maximum Gasteiger partial charge on any atom is 0.254 e. The number of hydrogen-bond acceptors (Lipinski definition) is 3. The molecule has 92 valence electrons. The number of phenols is 1. The molecule has 0 atom stereocenters. The summed E-state index contributed by atoms with van der Waals surface area (Å²) < 4.78 is 0. The van der Waals surface area contributed by atoms with Crippen LogP contribution in [-0.4, -0.2) is 27.9 Å². The van der Waals surface area contributed by atoms with Gasteiger partial charge in [-0.2, -0.15) is 0 Å². The Hall–Kier alpha value is -2.36. The fourth-order valence-electron chi connectivity index (χ4n) is 1.67. The number of carbonyl (C=O) groups excluding carboxylic acids is 1. The highest BCUT2D eigenvalue weighted by atomic mass is 16.3. The van der Waals surface area contributed by atoms with Crippen LogP contribution in [0, 0.1) is 0 Å². The predicted molar refractivity (Wildman–Crippen MR) is 68.1 cm³/mol. The average Bonchev–Trinajstić information content (AvgIpc) is 2.39. The summed E-state index contributed by atoms with van der Waals surface area (Å²) in [4.78, 5) is 17.8. The Labute approximate surface area is 106 Å². The van der Waals surface area contributed by atoms with Gasteiger partial charge in [0.2, 0.25) is 0 Å². The molecule has 1 aromatic carbocycles. The van der Waals surface area contributed by atoms with Gasteiger partial charge in [-0.25, -0.2) is 0 Å². The number of pyridine rings is 1. The second-order valence-electron chi connectivity index (χ2n) is 4.03. The van der Waals surface area contributed by atoms with E-state index in [1.54, 1.807) is 30.3 Å². The minimum absolute atomic E-state index is 0.0899. The molecule has 1 N–H and O–H groups in total. The third kappa shape index (κ3) is 2.85. The minimum Gasteiger partial charge on any atom is -0.508 e. The molecule has 1 heterocycles. The molecule has 0 saturated carbocycles. The van der Waals surface area contributed by atoms with E-state index in [-0.39, 0.29) is 11.7 Å². The van der Waals surface area contributed by atoms with Crippen LogP contribution in [0.1, 0.15) is 16.1 Å². The first-order valence-corrected chi connectivity index (χ1v) is 5.61. The van der Waals surface area contributed by atoms with E-state index in [0.29, 0.717) is 12.1 Å². The van der Waals surface area contributed by atoms with Gasteiger partial charge in [-0.1, -0.05) is 12.1 Å². The van der Waals surface area contributed by atoms with E-state index in [4.69, 9.17) is 0 Å². The molecule has 2 aromatic rings. The molecule has 4 nitrogen and oxygen atoms in total. The maximum absolute atomic E-state index is 12.1. The summed E-state index contributed by atoms with van der Waals surface area (Å²) in [5.74, 6) is -0.0522. The van der Waals surface area contributed by atoms with Gasteiger partial charge >= 0.3 is 0 Å². The molecule has 0 radical (unpaired) electrons. The van der Waals surface area contributed by atoms with Crippen molar-refractivity contribution in [2.75, 3.05) is 7.05 Å². The summed E-state index contributed by atoms with van der Waals surface area (Å²) in [6.07, 6.45) is 1.70. The Morgan fingerprint density at radius 1 is 1.28 bits per heavy atom. The molecule has 0 aliphatic heterocycles. The molecule has 0 spiro atoms. The lowest BCUT2D eigenvalue weighted by Gasteiger charge is -2.16. The van der Waals surface area contributed by atoms with E-state index in [9.17, 15) is 9.90 Å². The van der Waals surface area contributed by atoms with Crippen molar-refractivity contribution >= 4 is 5.91 Å². The zero-order chi connectivity index (χ0) is 13.0. The normalized spacial score (nSPS) is 10.1. The standard InChI is InChI=1S/C14H14N2O2/c1-16(10-12-6-2-3-8-15-12)14(18)11-5-4-7-13(17)9-11/h2-9,17H,10H2,1H3. The van der Waals surface area contributed by atoms with Gasteiger partial charge in [0.15, 0.2) is 0 Å². The van der Waals surface area contributed by atoms with E-state index in [2.05, 4.69) is 4.98 Å². The van der Waals surface area contributed by atoms with Crippen LogP contribution < -0.4 is 0 Å². The lowest BCUT2D eigenvalue weighted by atomic mass is 10.2. The van der Waals surface area contributed by atoms with E-state index < -0.39 is 0 Å². The van der Waals surface area contributed by atoms with Crippen LogP contribution >= 0.6 is 0 Å². The third-order valence-corrected chi connectivity index (χ3v) is 2.57. The van der Waals surface area contributed by atoms with Gasteiger partial charge in [0.05, 0.1) is 12.2 Å². The number of amides is 1. The number of aromatic nitrogens is 1. The number of hydrogen-bond donors (Lipinski definition) is 1. The van der Waals surface area contributed by atoms with Gasteiger partial charge in [-0.3, -0.25) is 9.78 Å². The van der Waals surface area contributed by atoms with Crippen molar-refractivity contribution in [2.24, 2.45) is 0 Å². The second kappa shape index (κ2) is 5.31. The molecule has 0 fully saturated rings. The Morgan fingerprint density at radius 3 is 2.78 bits per heavy atom. The first-order valence-electron chi connectivity index (χ1n) is 5.61. The van der Waals surface area contributed by atoms with Crippen molar-refractivity contribution in [1.29, 1.82) is 0 Å². The summed E-state index contributed by atoms with van der Waals surface area (Å²) in [6, 6.07) is 11.9. The molecule has 0 saturated heterocycles. The Bertz CT molecular complexity index is 541. The first-order chi connectivity index (χ1) is 8.66. The van der Waals surface area contributed by atoms with Crippen LogP contribution in [0.3, 0.4) is 0 Å². The summed E-state index contributed by atoms with van der Waals surface area (Å²) in [5, 5.41) is 9.35. The molecule has 4 heteroatoms. The second-order valence-corrected chi connectivity index (χ2v) is 4.03. The van der Waals surface area contributed by atoms with Crippen molar-refractivity contribution < 1.29 is 9.90 Å². The van der Waals surface area contributed by atoms with E-state index in [1.165, 1.54) is 12.1 Å². The number of nitrogens with zero attached hydrogens (tertiary/aromatic N) is 2. The van der Waals surface area contributed by atoms with Gasteiger partial charge in [0, 0.05) is 18.8 Å². The molecular weight excluding hydrogens is 228 g/mol. The van der Waals surface area contributed by atoms with Crippen LogP contribution in [0.5, 0.6) is 5.75 Å². The van der Waals surface area contributed by atoms with Crippen molar-refractivity contribution in [3.05, 3.63) is 59.9 Å². The van der Waals surface area contributed by atoms with Gasteiger partial charge in [0.25, 0.3) is 5.91 Å². The zero-order valence-corrected chi connectivity index (χ0v) is 10.1. The Balaban J connectivity index is 2.10. The number of benzene rings is 1. The lowest BCUT2D eigenvalue weighted by Crippen LogP contribution is -2.26. The Morgan fingerprint density at radius 2 is 2.11 bits per heavy atom. The monoisotopic (exact) mass is 242 g/mol. The van der Waals surface area contributed by atoms with Gasteiger partial charge in [-0.05, 0) is 30.3 Å². The SMILES string of the molecule is CN(Cc1ccccn1)C(=O)c1cccc(O)c1. The molecule has 0 bridgehead atoms. The molecule has 1 amide bonds. The topological polar surface area (TPSA) is 53.4 Å². The van der Waals surface area contributed by atoms with Crippen LogP contribution in [-0.2, 0) is 6.54 Å². The van der Waals surface area contributed by atoms with Crippen LogP contribution in [0.4, 0.5) is 0 Å². The van der Waals surface area contributed by atoms with Crippen LogP contribution in [0.25, 0.3) is 0 Å². The Kier molecular flexibility index (Phi) is 3.57. The lowest BCUT2D eigenvalue weighted by molar-refractivity contribution is 0.0783. The molecule has 1 aromatic heterocycles. The maximum atomic E-state index is 12.1. The highest BCUT2D eigenvalue weighted by molar-refractivity contribution is 5.94. The number of aromatic hydroxyl groups is 1. The van der Waals surface area contributed by atoms with Gasteiger partial charge < -0.3 is 10.0 Å². The third-order valence-electron chi connectivity index (χ3n) is 2.57. The highest BCUT2D eigenvalue weighted by Crippen LogP contribution is 2.13. The average molecular weight is 242 g/mol. The minimum atomic E-state index is -0.142. The van der Waals surface area contributed by atoms with Gasteiger partial charge in [0.1, 0.15) is 5.75 Å². The van der Waals surface area contributed by atoms with Crippen LogP contribution in [0.2, 0.25) is 0 Å². The molecule has 2 rings (SSSR count). The number of phenolic OH excluding ortho intramolecular Hbond substituents is 1. The van der Waals surface area contributed by atoms with Crippen molar-refractivity contribution in [3.63, 3.8) is 0 Å². The fraction of sp³-hybridized carbons (Fsp3) is 0.143. The van der Waals surface area contributed by atoms with Crippen molar-refractivity contribution in [2.45, 2.75) is 6.54 Å². The zero-order valence-electron chi connectivity index (χ0n) is 10.1. The molecular formula is C14H14N2O2. The van der Waals surface area contributed by atoms with Crippen molar-refractivity contribution in [3.8, 4) is 5.75 Å². The van der Waals surface area contributed by atoms with E-state index >= 15 is 0 Å². The van der Waals surface area contributed by atoms with E-state index in [1.807, 2.05) is 18.2 Å². The summed E-state index contributed by atoms with van der Waals surface area (Å²) in [6.45, 7) is 0.440. The molecule has 0 aliphatic carbocycles. The van der Waals surface area contributed by atoms with Crippen molar-refractivity contribution in [1.82, 2.24) is 9.88 Å². The predicted octanol–water partition coefficient (Wildman–Crippen LogP) is 2.06. The largest absolute Gasteiger partial charge is 0.508 e.